The van der Waals surface area contributed by atoms with Crippen LogP contribution in [-0.2, 0) is 17.6 Å². The molecule has 10 nitrogen and oxygen atoms in total. The number of aromatic nitrogens is 2. The van der Waals surface area contributed by atoms with Gasteiger partial charge in [-0.05, 0) is 47.5 Å². The van der Waals surface area contributed by atoms with Gasteiger partial charge in [0, 0.05) is 62.0 Å². The summed E-state index contributed by atoms with van der Waals surface area (Å²) >= 11 is 1.20. The smallest absolute Gasteiger partial charge is 0.298 e. The van der Waals surface area contributed by atoms with Gasteiger partial charge in [-0.3, -0.25) is 14.9 Å². The number of piperazine rings is 1. The van der Waals surface area contributed by atoms with Crippen LogP contribution in [0.3, 0.4) is 0 Å². The molecular formula is C28H27N5O5S. The molecule has 4 aromatic rings. The molecular weight excluding hydrogens is 518 g/mol. The molecule has 1 amide bonds. The molecule has 0 spiro atoms. The lowest BCUT2D eigenvalue weighted by Gasteiger charge is -2.36. The molecule has 39 heavy (non-hydrogen) atoms. The summed E-state index contributed by atoms with van der Waals surface area (Å²) in [6.45, 7) is 2.56. The molecule has 11 heteroatoms. The largest absolute Gasteiger partial charge is 0.497 e. The first-order valence-corrected chi connectivity index (χ1v) is 13.2. The van der Waals surface area contributed by atoms with E-state index < -0.39 is 4.92 Å². The Morgan fingerprint density at radius 2 is 1.72 bits per heavy atom. The fourth-order valence-electron chi connectivity index (χ4n) is 4.38. The summed E-state index contributed by atoms with van der Waals surface area (Å²) in [5.74, 6) is 2.17. The molecule has 1 aliphatic heterocycles. The van der Waals surface area contributed by atoms with Crippen molar-refractivity contribution in [1.82, 2.24) is 14.3 Å². The summed E-state index contributed by atoms with van der Waals surface area (Å²) in [5, 5.41) is 11.3. The highest BCUT2D eigenvalue weighted by molar-refractivity contribution is 7.07. The van der Waals surface area contributed by atoms with E-state index in [1.165, 1.54) is 23.7 Å². The quantitative estimate of drug-likeness (QED) is 0.219. The molecule has 0 saturated carbocycles. The molecule has 1 aromatic heterocycles. The zero-order valence-corrected chi connectivity index (χ0v) is 22.2. The van der Waals surface area contributed by atoms with Crippen molar-refractivity contribution in [3.63, 3.8) is 0 Å². The number of nitrogens with zero attached hydrogens (tertiary/aromatic N) is 5. The predicted octanol–water partition coefficient (Wildman–Crippen LogP) is 4.73. The second-order valence-corrected chi connectivity index (χ2v) is 9.78. The molecule has 200 valence electrons. The monoisotopic (exact) mass is 545 g/mol. The Balaban J connectivity index is 1.10. The summed E-state index contributed by atoms with van der Waals surface area (Å²) in [7, 11) is 1.64. The number of hydrogen-bond donors (Lipinski definition) is 0. The number of non-ortho nitro benzene ring substituents is 1. The Labute approximate surface area is 229 Å². The number of benzene rings is 3. The van der Waals surface area contributed by atoms with Crippen LogP contribution in [0.15, 0.2) is 72.8 Å². The van der Waals surface area contributed by atoms with E-state index in [2.05, 4.69) is 14.3 Å². The first-order valence-electron chi connectivity index (χ1n) is 12.5. The number of nitro benzene ring substituents is 1. The van der Waals surface area contributed by atoms with Gasteiger partial charge in [-0.1, -0.05) is 24.3 Å². The first-order chi connectivity index (χ1) is 19.0. The lowest BCUT2D eigenvalue weighted by Crippen LogP contribution is -2.49. The zero-order valence-electron chi connectivity index (χ0n) is 21.4. The SMILES string of the molecule is COc1cccc(Cc2nsc(Oc3ccc(CC(=O)N4CCN(c5ccc([N+](=O)[O-])cc5)CC4)cc3)n2)c1. The van der Waals surface area contributed by atoms with Crippen molar-refractivity contribution in [2.45, 2.75) is 12.8 Å². The summed E-state index contributed by atoms with van der Waals surface area (Å²) in [6.07, 6.45) is 0.890. The molecule has 3 aromatic carbocycles. The van der Waals surface area contributed by atoms with E-state index in [0.29, 0.717) is 55.8 Å². The molecule has 0 aliphatic carbocycles. The first kappa shape index (κ1) is 26.1. The third-order valence-corrected chi connectivity index (χ3v) is 7.12. The molecule has 1 aliphatic rings. The molecule has 2 heterocycles. The van der Waals surface area contributed by atoms with Crippen LogP contribution in [0.1, 0.15) is 17.0 Å². The second kappa shape index (κ2) is 11.9. The summed E-state index contributed by atoms with van der Waals surface area (Å²) in [4.78, 5) is 31.8. The molecule has 0 unspecified atom stereocenters. The number of ether oxygens (including phenoxy) is 2. The normalized spacial score (nSPS) is 13.3. The van der Waals surface area contributed by atoms with Crippen LogP contribution in [0.5, 0.6) is 16.7 Å². The van der Waals surface area contributed by atoms with Crippen LogP contribution in [0.25, 0.3) is 0 Å². The maximum atomic E-state index is 12.9. The van der Waals surface area contributed by atoms with Crippen LogP contribution in [0.2, 0.25) is 0 Å². The number of hydrogen-bond acceptors (Lipinski definition) is 9. The van der Waals surface area contributed by atoms with E-state index in [4.69, 9.17) is 9.47 Å². The fourth-order valence-corrected chi connectivity index (χ4v) is 4.95. The molecule has 0 N–H and O–H groups in total. The second-order valence-electron chi connectivity index (χ2n) is 9.07. The molecule has 1 fully saturated rings. The lowest BCUT2D eigenvalue weighted by atomic mass is 10.1. The fraction of sp³-hybridized carbons (Fsp3) is 0.250. The van der Waals surface area contributed by atoms with Gasteiger partial charge < -0.3 is 19.3 Å². The van der Waals surface area contributed by atoms with Gasteiger partial charge in [0.1, 0.15) is 11.5 Å². The van der Waals surface area contributed by atoms with E-state index in [0.717, 1.165) is 22.6 Å². The van der Waals surface area contributed by atoms with Crippen LogP contribution in [0.4, 0.5) is 11.4 Å². The molecule has 0 atom stereocenters. The average Bonchev–Trinajstić information content (AvgIpc) is 3.40. The number of amides is 1. The number of methoxy groups -OCH3 is 1. The number of carbonyl (C=O) groups is 1. The van der Waals surface area contributed by atoms with Crippen molar-refractivity contribution >= 4 is 28.8 Å². The van der Waals surface area contributed by atoms with Crippen molar-refractivity contribution in [3.05, 3.63) is 99.9 Å². The Morgan fingerprint density at radius 1 is 0.974 bits per heavy atom. The van der Waals surface area contributed by atoms with Gasteiger partial charge in [0.25, 0.3) is 10.9 Å². The number of rotatable bonds is 9. The lowest BCUT2D eigenvalue weighted by molar-refractivity contribution is -0.384. The molecule has 0 radical (unpaired) electrons. The van der Waals surface area contributed by atoms with Crippen LogP contribution < -0.4 is 14.4 Å². The highest BCUT2D eigenvalue weighted by Crippen LogP contribution is 2.25. The Morgan fingerprint density at radius 3 is 2.41 bits per heavy atom. The highest BCUT2D eigenvalue weighted by Gasteiger charge is 2.22. The Kier molecular flexibility index (Phi) is 7.97. The van der Waals surface area contributed by atoms with Crippen molar-refractivity contribution < 1.29 is 19.2 Å². The molecule has 0 bridgehead atoms. The van der Waals surface area contributed by atoms with Gasteiger partial charge >= 0.3 is 0 Å². The van der Waals surface area contributed by atoms with Crippen molar-refractivity contribution in [3.8, 4) is 16.7 Å². The van der Waals surface area contributed by atoms with Gasteiger partial charge in [0.15, 0.2) is 5.82 Å². The highest BCUT2D eigenvalue weighted by atomic mass is 32.1. The predicted molar refractivity (Wildman–Crippen MR) is 148 cm³/mol. The number of nitro groups is 1. The maximum absolute atomic E-state index is 12.9. The topological polar surface area (TPSA) is 111 Å². The van der Waals surface area contributed by atoms with Gasteiger partial charge in [-0.15, -0.1) is 0 Å². The average molecular weight is 546 g/mol. The van der Waals surface area contributed by atoms with Crippen molar-refractivity contribution in [2.24, 2.45) is 0 Å². The van der Waals surface area contributed by atoms with Gasteiger partial charge in [0.05, 0.1) is 18.5 Å². The van der Waals surface area contributed by atoms with E-state index in [-0.39, 0.29) is 11.6 Å². The Bertz CT molecular complexity index is 1430. The molecule has 1 saturated heterocycles. The Hall–Kier alpha value is -4.51. The number of anilines is 1. The van der Waals surface area contributed by atoms with E-state index >= 15 is 0 Å². The maximum Gasteiger partial charge on any atom is 0.298 e. The minimum absolute atomic E-state index is 0.0679. The van der Waals surface area contributed by atoms with Crippen molar-refractivity contribution in [2.75, 3.05) is 38.2 Å². The summed E-state index contributed by atoms with van der Waals surface area (Å²) in [5.41, 5.74) is 2.95. The summed E-state index contributed by atoms with van der Waals surface area (Å²) < 4.78 is 15.5. The molecule has 5 rings (SSSR count). The van der Waals surface area contributed by atoms with E-state index in [1.54, 1.807) is 19.2 Å². The van der Waals surface area contributed by atoms with Gasteiger partial charge in [-0.25, -0.2) is 0 Å². The zero-order chi connectivity index (χ0) is 27.2. The minimum Gasteiger partial charge on any atom is -0.497 e. The van der Waals surface area contributed by atoms with E-state index in [1.807, 2.05) is 53.4 Å². The van der Waals surface area contributed by atoms with E-state index in [9.17, 15) is 14.9 Å². The summed E-state index contributed by atoms with van der Waals surface area (Å²) in [6, 6.07) is 21.8. The third kappa shape index (κ3) is 6.68. The number of carbonyl (C=O) groups excluding carboxylic acids is 1. The standard InChI is InChI=1S/C28H27N5O5S/c1-37-25-4-2-3-21(17-25)18-26-29-28(39-30-26)38-24-11-5-20(6-12-24)19-27(34)32-15-13-31(14-16-32)22-7-9-23(10-8-22)33(35)36/h2-12,17H,13-16,18-19H2,1H3. The van der Waals surface area contributed by atoms with Crippen LogP contribution >= 0.6 is 11.5 Å². The van der Waals surface area contributed by atoms with Crippen LogP contribution in [0, 0.1) is 10.1 Å². The van der Waals surface area contributed by atoms with Crippen LogP contribution in [-0.4, -0.2) is 58.4 Å². The third-order valence-electron chi connectivity index (χ3n) is 6.49. The van der Waals surface area contributed by atoms with Crippen molar-refractivity contribution in [1.29, 1.82) is 0 Å². The van der Waals surface area contributed by atoms with Gasteiger partial charge in [-0.2, -0.15) is 9.36 Å². The minimum atomic E-state index is -0.406. The van der Waals surface area contributed by atoms with Gasteiger partial charge in [0.2, 0.25) is 5.91 Å².